The fourth-order valence-electron chi connectivity index (χ4n) is 2.58. The summed E-state index contributed by atoms with van der Waals surface area (Å²) in [5.41, 5.74) is 5.77. The Kier molecular flexibility index (Phi) is 7.40. The fourth-order valence-corrected chi connectivity index (χ4v) is 2.58. The molecule has 2 saturated heterocycles. The zero-order valence-corrected chi connectivity index (χ0v) is 11.9. The second-order valence-electron chi connectivity index (χ2n) is 4.75. The predicted molar refractivity (Wildman–Crippen MR) is 73.9 cm³/mol. The Balaban J connectivity index is 0.00000128. The van der Waals surface area contributed by atoms with Crippen LogP contribution in [0.1, 0.15) is 26.2 Å². The van der Waals surface area contributed by atoms with E-state index in [1.807, 2.05) is 4.90 Å². The molecule has 4 nitrogen and oxygen atoms in total. The minimum atomic E-state index is 0. The van der Waals surface area contributed by atoms with E-state index in [2.05, 4.69) is 12.2 Å². The summed E-state index contributed by atoms with van der Waals surface area (Å²) in [5, 5.41) is 3.17. The number of halogens is 2. The van der Waals surface area contributed by atoms with Crippen molar-refractivity contribution in [3.05, 3.63) is 0 Å². The third kappa shape index (κ3) is 3.47. The SMILES string of the molecule is CC1CCCN(C(=O)[C@H]2CCN2)C1CN.Cl.Cl. The second-order valence-corrected chi connectivity index (χ2v) is 4.75. The van der Waals surface area contributed by atoms with Gasteiger partial charge in [-0.1, -0.05) is 6.92 Å². The van der Waals surface area contributed by atoms with Crippen molar-refractivity contribution in [3.8, 4) is 0 Å². The largest absolute Gasteiger partial charge is 0.337 e. The van der Waals surface area contributed by atoms with Crippen LogP contribution in [0.3, 0.4) is 0 Å². The molecule has 3 atom stereocenters. The first kappa shape index (κ1) is 17.0. The summed E-state index contributed by atoms with van der Waals surface area (Å²) in [6, 6.07) is 0.331. The maximum absolute atomic E-state index is 12.1. The molecule has 0 saturated carbocycles. The third-order valence-electron chi connectivity index (χ3n) is 3.76. The molecule has 2 fully saturated rings. The van der Waals surface area contributed by atoms with Crippen LogP contribution in [0, 0.1) is 5.92 Å². The summed E-state index contributed by atoms with van der Waals surface area (Å²) >= 11 is 0. The molecule has 6 heteroatoms. The molecule has 2 rings (SSSR count). The van der Waals surface area contributed by atoms with Crippen molar-refractivity contribution in [2.24, 2.45) is 11.7 Å². The molecule has 102 valence electrons. The first-order valence-corrected chi connectivity index (χ1v) is 5.98. The molecule has 0 radical (unpaired) electrons. The summed E-state index contributed by atoms with van der Waals surface area (Å²) in [5.74, 6) is 0.816. The Morgan fingerprint density at radius 3 is 2.53 bits per heavy atom. The number of piperidine rings is 1. The van der Waals surface area contributed by atoms with Gasteiger partial charge in [0.25, 0.3) is 0 Å². The van der Waals surface area contributed by atoms with Gasteiger partial charge < -0.3 is 16.0 Å². The van der Waals surface area contributed by atoms with Crippen LogP contribution in [0.5, 0.6) is 0 Å². The highest BCUT2D eigenvalue weighted by Crippen LogP contribution is 2.24. The molecule has 0 aromatic carbocycles. The van der Waals surface area contributed by atoms with Gasteiger partial charge in [-0.3, -0.25) is 4.79 Å². The second kappa shape index (κ2) is 7.41. The summed E-state index contributed by atoms with van der Waals surface area (Å²) in [6.45, 7) is 4.67. The van der Waals surface area contributed by atoms with Gasteiger partial charge >= 0.3 is 0 Å². The van der Waals surface area contributed by atoms with E-state index in [4.69, 9.17) is 5.73 Å². The van der Waals surface area contributed by atoms with Crippen molar-refractivity contribution in [1.29, 1.82) is 0 Å². The Bertz CT molecular complexity index is 249. The number of amides is 1. The molecule has 0 bridgehead atoms. The number of rotatable bonds is 2. The van der Waals surface area contributed by atoms with Crippen LogP contribution in [-0.2, 0) is 4.79 Å². The summed E-state index contributed by atoms with van der Waals surface area (Å²) in [7, 11) is 0. The maximum Gasteiger partial charge on any atom is 0.240 e. The van der Waals surface area contributed by atoms with Crippen LogP contribution in [0.25, 0.3) is 0 Å². The molecule has 3 N–H and O–H groups in total. The lowest BCUT2D eigenvalue weighted by atomic mass is 9.89. The topological polar surface area (TPSA) is 58.4 Å². The number of hydrogen-bond donors (Lipinski definition) is 2. The molecule has 1 amide bonds. The first-order chi connectivity index (χ1) is 7.24. The van der Waals surface area contributed by atoms with E-state index in [9.17, 15) is 4.79 Å². The smallest absolute Gasteiger partial charge is 0.240 e. The summed E-state index contributed by atoms with van der Waals surface area (Å²) in [4.78, 5) is 14.1. The molecular weight excluding hydrogens is 261 g/mol. The van der Waals surface area contributed by atoms with Crippen molar-refractivity contribution < 1.29 is 4.79 Å². The van der Waals surface area contributed by atoms with E-state index in [1.165, 1.54) is 6.42 Å². The lowest BCUT2D eigenvalue weighted by Gasteiger charge is -2.42. The molecule has 0 aromatic rings. The van der Waals surface area contributed by atoms with Crippen LogP contribution >= 0.6 is 24.8 Å². The number of likely N-dealkylation sites (tertiary alicyclic amines) is 1. The van der Waals surface area contributed by atoms with Gasteiger partial charge in [0.1, 0.15) is 0 Å². The zero-order valence-electron chi connectivity index (χ0n) is 10.2. The van der Waals surface area contributed by atoms with E-state index in [0.29, 0.717) is 12.5 Å². The van der Waals surface area contributed by atoms with Crippen LogP contribution in [0.15, 0.2) is 0 Å². The van der Waals surface area contributed by atoms with Crippen LogP contribution in [0.2, 0.25) is 0 Å². The molecule has 17 heavy (non-hydrogen) atoms. The monoisotopic (exact) mass is 283 g/mol. The average Bonchev–Trinajstić information content (AvgIpc) is 2.14. The lowest BCUT2D eigenvalue weighted by Crippen LogP contribution is -2.60. The van der Waals surface area contributed by atoms with Crippen molar-refractivity contribution in [1.82, 2.24) is 10.2 Å². The molecule has 2 unspecified atom stereocenters. The fraction of sp³-hybridized carbons (Fsp3) is 0.909. The van der Waals surface area contributed by atoms with Gasteiger partial charge in [-0.15, -0.1) is 24.8 Å². The van der Waals surface area contributed by atoms with Gasteiger partial charge in [-0.05, 0) is 31.7 Å². The van der Waals surface area contributed by atoms with E-state index in [0.717, 1.165) is 25.9 Å². The van der Waals surface area contributed by atoms with Gasteiger partial charge in [-0.2, -0.15) is 0 Å². The van der Waals surface area contributed by atoms with Gasteiger partial charge in [0.15, 0.2) is 0 Å². The van der Waals surface area contributed by atoms with Crippen LogP contribution < -0.4 is 11.1 Å². The van der Waals surface area contributed by atoms with Gasteiger partial charge in [0, 0.05) is 19.1 Å². The normalized spacial score (nSPS) is 31.9. The average molecular weight is 284 g/mol. The Morgan fingerprint density at radius 1 is 1.41 bits per heavy atom. The molecule has 0 spiro atoms. The van der Waals surface area contributed by atoms with E-state index < -0.39 is 0 Å². The lowest BCUT2D eigenvalue weighted by molar-refractivity contribution is -0.140. The highest BCUT2D eigenvalue weighted by Gasteiger charge is 2.36. The van der Waals surface area contributed by atoms with Crippen LogP contribution in [0.4, 0.5) is 0 Å². The van der Waals surface area contributed by atoms with Crippen molar-refractivity contribution >= 4 is 30.7 Å². The zero-order chi connectivity index (χ0) is 10.8. The van der Waals surface area contributed by atoms with E-state index in [1.54, 1.807) is 0 Å². The quantitative estimate of drug-likeness (QED) is 0.788. The number of carbonyl (C=O) groups is 1. The predicted octanol–water partition coefficient (Wildman–Crippen LogP) is 0.778. The maximum atomic E-state index is 12.1. The number of nitrogens with zero attached hydrogens (tertiary/aromatic N) is 1. The van der Waals surface area contributed by atoms with Gasteiger partial charge in [0.2, 0.25) is 5.91 Å². The number of nitrogens with two attached hydrogens (primary N) is 1. The van der Waals surface area contributed by atoms with Crippen LogP contribution in [-0.4, -0.2) is 42.5 Å². The molecule has 2 aliphatic heterocycles. The van der Waals surface area contributed by atoms with Crippen molar-refractivity contribution in [3.63, 3.8) is 0 Å². The van der Waals surface area contributed by atoms with Crippen molar-refractivity contribution in [2.75, 3.05) is 19.6 Å². The van der Waals surface area contributed by atoms with Crippen molar-refractivity contribution in [2.45, 2.75) is 38.3 Å². The summed E-state index contributed by atoms with van der Waals surface area (Å²) in [6.07, 6.45) is 3.31. The molecule has 2 heterocycles. The van der Waals surface area contributed by atoms with Gasteiger partial charge in [0.05, 0.1) is 6.04 Å². The Labute approximate surface area is 115 Å². The highest BCUT2D eigenvalue weighted by molar-refractivity contribution is 5.85. The number of hydrogen-bond acceptors (Lipinski definition) is 3. The molecule has 0 aliphatic carbocycles. The summed E-state index contributed by atoms with van der Waals surface area (Å²) < 4.78 is 0. The first-order valence-electron chi connectivity index (χ1n) is 5.98. The minimum Gasteiger partial charge on any atom is -0.337 e. The Hall–Kier alpha value is -0.0300. The van der Waals surface area contributed by atoms with Gasteiger partial charge in [-0.25, -0.2) is 0 Å². The number of carbonyl (C=O) groups excluding carboxylic acids is 1. The standard InChI is InChI=1S/C11H21N3O.2ClH/c1-8-3-2-6-14(10(8)7-12)11(15)9-4-5-13-9;;/h8-10,13H,2-7,12H2,1H3;2*1H/t8?,9-,10?;;/m1../s1. The third-order valence-corrected chi connectivity index (χ3v) is 3.76. The molecular formula is C11H23Cl2N3O. The number of nitrogens with one attached hydrogen (secondary N) is 1. The minimum absolute atomic E-state index is 0. The Morgan fingerprint density at radius 2 is 2.06 bits per heavy atom. The van der Waals surface area contributed by atoms with E-state index in [-0.39, 0.29) is 42.8 Å². The molecule has 0 aromatic heterocycles. The molecule has 2 aliphatic rings. The highest BCUT2D eigenvalue weighted by atomic mass is 35.5. The van der Waals surface area contributed by atoms with E-state index >= 15 is 0 Å².